The summed E-state index contributed by atoms with van der Waals surface area (Å²) < 4.78 is 36.0. The maximum atomic E-state index is 13.4. The fourth-order valence-corrected chi connectivity index (χ4v) is 3.02. The number of rotatable bonds is 3. The maximum absolute atomic E-state index is 13.4. The highest BCUT2D eigenvalue weighted by Crippen LogP contribution is 2.22. The molecule has 1 aliphatic rings. The highest BCUT2D eigenvalue weighted by molar-refractivity contribution is 7.89. The second-order valence-corrected chi connectivity index (χ2v) is 6.53. The largest absolute Gasteiger partial charge is 0.338 e. The van der Waals surface area contributed by atoms with Crippen molar-refractivity contribution in [3.05, 3.63) is 29.6 Å². The lowest BCUT2D eigenvalue weighted by atomic mass is 10.1. The number of hydrogen-bond acceptors (Lipinski definition) is 3. The van der Waals surface area contributed by atoms with E-state index < -0.39 is 20.7 Å². The van der Waals surface area contributed by atoms with Crippen LogP contribution in [0.25, 0.3) is 0 Å². The summed E-state index contributed by atoms with van der Waals surface area (Å²) in [6.07, 6.45) is 1.93. The summed E-state index contributed by atoms with van der Waals surface area (Å²) in [6.45, 7) is 3.35. The summed E-state index contributed by atoms with van der Waals surface area (Å²) in [5, 5.41) is 4.93. The first-order valence-corrected chi connectivity index (χ1v) is 7.99. The Kier molecular flexibility index (Phi) is 4.10. The fourth-order valence-electron chi connectivity index (χ4n) is 2.39. The van der Waals surface area contributed by atoms with Crippen molar-refractivity contribution in [3.8, 4) is 0 Å². The van der Waals surface area contributed by atoms with Gasteiger partial charge in [0, 0.05) is 18.7 Å². The van der Waals surface area contributed by atoms with E-state index in [2.05, 4.69) is 6.92 Å². The summed E-state index contributed by atoms with van der Waals surface area (Å²) in [5.41, 5.74) is 0.146. The quantitative estimate of drug-likeness (QED) is 0.915. The van der Waals surface area contributed by atoms with Gasteiger partial charge in [0.25, 0.3) is 5.91 Å². The molecule has 1 aliphatic heterocycles. The molecule has 0 bridgehead atoms. The molecule has 0 aliphatic carbocycles. The molecule has 7 heteroatoms. The number of nitrogens with two attached hydrogens (primary N) is 1. The normalized spacial score (nSPS) is 19.4. The van der Waals surface area contributed by atoms with E-state index in [1.54, 1.807) is 4.90 Å². The van der Waals surface area contributed by atoms with Crippen LogP contribution in [-0.2, 0) is 10.0 Å². The Morgan fingerprint density at radius 1 is 1.50 bits per heavy atom. The average Bonchev–Trinajstić information content (AvgIpc) is 2.86. The van der Waals surface area contributed by atoms with Crippen molar-refractivity contribution in [2.24, 2.45) is 11.1 Å². The molecule has 1 heterocycles. The number of likely N-dealkylation sites (tertiary alicyclic amines) is 1. The molecule has 0 aromatic heterocycles. The van der Waals surface area contributed by atoms with Crippen LogP contribution >= 0.6 is 0 Å². The minimum atomic E-state index is -4.17. The van der Waals surface area contributed by atoms with Gasteiger partial charge < -0.3 is 4.90 Å². The molecule has 0 saturated carbocycles. The van der Waals surface area contributed by atoms with Crippen molar-refractivity contribution in [1.82, 2.24) is 4.90 Å². The minimum absolute atomic E-state index is 0.146. The lowest BCUT2D eigenvalue weighted by molar-refractivity contribution is 0.0786. The molecule has 1 saturated heterocycles. The highest BCUT2D eigenvalue weighted by atomic mass is 32.2. The smallest absolute Gasteiger partial charge is 0.253 e. The van der Waals surface area contributed by atoms with E-state index in [-0.39, 0.29) is 11.5 Å². The number of hydrogen-bond donors (Lipinski definition) is 1. The van der Waals surface area contributed by atoms with E-state index in [9.17, 15) is 17.6 Å². The van der Waals surface area contributed by atoms with Gasteiger partial charge in [-0.1, -0.05) is 13.3 Å². The summed E-state index contributed by atoms with van der Waals surface area (Å²) in [7, 11) is -4.17. The average molecular weight is 300 g/mol. The van der Waals surface area contributed by atoms with Crippen molar-refractivity contribution >= 4 is 15.9 Å². The van der Waals surface area contributed by atoms with Crippen LogP contribution in [0.3, 0.4) is 0 Å². The Bertz CT molecular complexity index is 631. The predicted molar refractivity (Wildman–Crippen MR) is 72.1 cm³/mol. The van der Waals surface area contributed by atoms with Crippen LogP contribution in [0.2, 0.25) is 0 Å². The highest BCUT2D eigenvalue weighted by Gasteiger charge is 2.27. The van der Waals surface area contributed by atoms with Crippen LogP contribution in [-0.4, -0.2) is 32.3 Å². The zero-order valence-electron chi connectivity index (χ0n) is 11.2. The molecule has 1 amide bonds. The number of carbonyl (C=O) groups is 1. The van der Waals surface area contributed by atoms with E-state index in [4.69, 9.17) is 5.14 Å². The molecule has 20 heavy (non-hydrogen) atoms. The van der Waals surface area contributed by atoms with Gasteiger partial charge in [-0.3, -0.25) is 4.79 Å². The van der Waals surface area contributed by atoms with Gasteiger partial charge in [-0.2, -0.15) is 0 Å². The first-order valence-electron chi connectivity index (χ1n) is 6.44. The Morgan fingerprint density at radius 2 is 2.20 bits per heavy atom. The lowest BCUT2D eigenvalue weighted by Crippen LogP contribution is -2.29. The number of nitrogens with zero attached hydrogens (tertiary/aromatic N) is 1. The van der Waals surface area contributed by atoms with Gasteiger partial charge in [0.1, 0.15) is 10.7 Å². The SMILES string of the molecule is CCC1CCN(C(=O)c2ccc(F)c(S(N)(=O)=O)c2)C1. The number of primary sulfonamides is 1. The predicted octanol–water partition coefficient (Wildman–Crippen LogP) is 1.35. The Morgan fingerprint density at radius 3 is 2.75 bits per heavy atom. The molecule has 2 rings (SSSR count). The number of sulfonamides is 1. The minimum Gasteiger partial charge on any atom is -0.338 e. The first kappa shape index (κ1) is 14.9. The number of carbonyl (C=O) groups excluding carboxylic acids is 1. The molecule has 5 nitrogen and oxygen atoms in total. The van der Waals surface area contributed by atoms with Crippen molar-refractivity contribution < 1.29 is 17.6 Å². The van der Waals surface area contributed by atoms with Gasteiger partial charge in [-0.25, -0.2) is 17.9 Å². The van der Waals surface area contributed by atoms with E-state index >= 15 is 0 Å². The van der Waals surface area contributed by atoms with Gasteiger partial charge in [-0.05, 0) is 30.5 Å². The third-order valence-corrected chi connectivity index (χ3v) is 4.56. The van der Waals surface area contributed by atoms with Crippen LogP contribution in [0.15, 0.2) is 23.1 Å². The third kappa shape index (κ3) is 2.99. The Labute approximate surface area is 117 Å². The molecular weight excluding hydrogens is 283 g/mol. The van der Waals surface area contributed by atoms with Crippen LogP contribution in [0.1, 0.15) is 30.1 Å². The van der Waals surface area contributed by atoms with Gasteiger partial charge in [0.05, 0.1) is 0 Å². The summed E-state index contributed by atoms with van der Waals surface area (Å²) >= 11 is 0. The van der Waals surface area contributed by atoms with E-state index in [1.807, 2.05) is 0 Å². The zero-order chi connectivity index (χ0) is 14.9. The number of benzene rings is 1. The van der Waals surface area contributed by atoms with Crippen molar-refractivity contribution in [1.29, 1.82) is 0 Å². The number of halogens is 1. The zero-order valence-corrected chi connectivity index (χ0v) is 12.0. The molecule has 1 fully saturated rings. The Hall–Kier alpha value is -1.47. The molecule has 1 atom stereocenters. The molecule has 2 N–H and O–H groups in total. The first-order chi connectivity index (χ1) is 9.32. The van der Waals surface area contributed by atoms with Crippen LogP contribution in [0, 0.1) is 11.7 Å². The number of amides is 1. The molecule has 0 radical (unpaired) electrons. The van der Waals surface area contributed by atoms with Crippen LogP contribution in [0.5, 0.6) is 0 Å². The molecule has 0 spiro atoms. The van der Waals surface area contributed by atoms with Crippen molar-refractivity contribution in [2.45, 2.75) is 24.7 Å². The van der Waals surface area contributed by atoms with Crippen LogP contribution in [0.4, 0.5) is 4.39 Å². The van der Waals surface area contributed by atoms with Gasteiger partial charge in [-0.15, -0.1) is 0 Å². The second-order valence-electron chi connectivity index (χ2n) is 5.00. The van der Waals surface area contributed by atoms with Crippen molar-refractivity contribution in [2.75, 3.05) is 13.1 Å². The lowest BCUT2D eigenvalue weighted by Gasteiger charge is -2.16. The topological polar surface area (TPSA) is 80.5 Å². The summed E-state index contributed by atoms with van der Waals surface area (Å²) in [5.74, 6) is -0.764. The molecule has 110 valence electrons. The fraction of sp³-hybridized carbons (Fsp3) is 0.462. The molecule has 1 aromatic carbocycles. The summed E-state index contributed by atoms with van der Waals surface area (Å²) in [4.78, 5) is 13.3. The van der Waals surface area contributed by atoms with Crippen molar-refractivity contribution in [3.63, 3.8) is 0 Å². The monoisotopic (exact) mass is 300 g/mol. The molecule has 1 unspecified atom stereocenters. The Balaban J connectivity index is 2.28. The van der Waals surface area contributed by atoms with Crippen LogP contribution < -0.4 is 5.14 Å². The van der Waals surface area contributed by atoms with E-state index in [0.29, 0.717) is 19.0 Å². The van der Waals surface area contributed by atoms with Gasteiger partial charge in [0.2, 0.25) is 10.0 Å². The second kappa shape index (κ2) is 5.49. The molecule has 1 aromatic rings. The van der Waals surface area contributed by atoms with E-state index in [0.717, 1.165) is 25.0 Å². The van der Waals surface area contributed by atoms with Gasteiger partial charge >= 0.3 is 0 Å². The third-order valence-electron chi connectivity index (χ3n) is 3.64. The van der Waals surface area contributed by atoms with Gasteiger partial charge in [0.15, 0.2) is 0 Å². The standard InChI is InChI=1S/C13H17FN2O3S/c1-2-9-5-6-16(8-9)13(17)10-3-4-11(14)12(7-10)20(15,18)19/h3-4,7,9H,2,5-6,8H2,1H3,(H2,15,18,19). The summed E-state index contributed by atoms with van der Waals surface area (Å²) in [6, 6.07) is 3.25. The maximum Gasteiger partial charge on any atom is 0.253 e. The molecular formula is C13H17FN2O3S. The van der Waals surface area contributed by atoms with E-state index in [1.165, 1.54) is 6.07 Å².